The molecule has 0 aliphatic rings. The molecule has 0 spiro atoms. The van der Waals surface area contributed by atoms with E-state index in [1.165, 1.54) is 10.1 Å². The molecule has 2 aromatic rings. The molecule has 0 radical (unpaired) electrons. The summed E-state index contributed by atoms with van der Waals surface area (Å²) in [5, 5.41) is 3.28. The zero-order chi connectivity index (χ0) is 12.4. The second kappa shape index (κ2) is 4.98. The van der Waals surface area contributed by atoms with E-state index in [-0.39, 0.29) is 17.7 Å². The first-order chi connectivity index (χ1) is 8.09. The molecular weight excluding hydrogens is 230 g/mol. The van der Waals surface area contributed by atoms with E-state index in [0.717, 1.165) is 5.56 Å². The number of Topliss-reactive ketones (excluding diaryl/α,β-unsaturated/α-hetero) is 1. The number of carbonyl (C=O) groups excluding carboxylic acids is 1. The number of hydrogen-bond acceptors (Lipinski definition) is 3. The zero-order valence-electron chi connectivity index (χ0n) is 10.1. The SMILES string of the molecule is CC(N)C(C)C(=O)Cc1csc2ccccc12. The van der Waals surface area contributed by atoms with Crippen LogP contribution in [0.5, 0.6) is 0 Å². The molecule has 1 heterocycles. The lowest BCUT2D eigenvalue weighted by molar-refractivity contribution is -0.122. The average molecular weight is 247 g/mol. The summed E-state index contributed by atoms with van der Waals surface area (Å²) in [6, 6.07) is 8.12. The Hall–Kier alpha value is -1.19. The fraction of sp³-hybridized carbons (Fsp3) is 0.357. The highest BCUT2D eigenvalue weighted by molar-refractivity contribution is 7.17. The predicted octanol–water partition coefficient (Wildman–Crippen LogP) is 3.00. The number of ketones is 1. The van der Waals surface area contributed by atoms with Crippen molar-refractivity contribution in [1.29, 1.82) is 0 Å². The van der Waals surface area contributed by atoms with Crippen LogP contribution >= 0.6 is 11.3 Å². The van der Waals surface area contributed by atoms with E-state index in [0.29, 0.717) is 6.42 Å². The van der Waals surface area contributed by atoms with E-state index in [1.54, 1.807) is 11.3 Å². The highest BCUT2D eigenvalue weighted by atomic mass is 32.1. The Labute approximate surface area is 105 Å². The molecule has 0 aliphatic carbocycles. The van der Waals surface area contributed by atoms with Gasteiger partial charge in [0.2, 0.25) is 0 Å². The molecule has 0 amide bonds. The van der Waals surface area contributed by atoms with Crippen LogP contribution in [0.1, 0.15) is 19.4 Å². The Bertz CT molecular complexity index is 530. The number of rotatable bonds is 4. The molecule has 0 saturated heterocycles. The molecule has 17 heavy (non-hydrogen) atoms. The topological polar surface area (TPSA) is 43.1 Å². The van der Waals surface area contributed by atoms with Crippen LogP contribution in [-0.2, 0) is 11.2 Å². The number of nitrogens with two attached hydrogens (primary N) is 1. The van der Waals surface area contributed by atoms with Crippen LogP contribution in [0.25, 0.3) is 10.1 Å². The fourth-order valence-corrected chi connectivity index (χ4v) is 2.77. The second-order valence-electron chi connectivity index (χ2n) is 4.55. The molecular formula is C14H17NOS. The van der Waals surface area contributed by atoms with Gasteiger partial charge in [-0.05, 0) is 29.3 Å². The summed E-state index contributed by atoms with van der Waals surface area (Å²) in [5.74, 6) is 0.150. The van der Waals surface area contributed by atoms with Gasteiger partial charge in [-0.1, -0.05) is 25.1 Å². The maximum atomic E-state index is 12.0. The van der Waals surface area contributed by atoms with Crippen molar-refractivity contribution in [3.05, 3.63) is 35.2 Å². The molecule has 2 N–H and O–H groups in total. The van der Waals surface area contributed by atoms with Crippen LogP contribution in [0.15, 0.2) is 29.6 Å². The van der Waals surface area contributed by atoms with Crippen LogP contribution < -0.4 is 5.73 Å². The van der Waals surface area contributed by atoms with E-state index in [1.807, 2.05) is 26.0 Å². The van der Waals surface area contributed by atoms with Gasteiger partial charge in [-0.3, -0.25) is 4.79 Å². The number of fused-ring (bicyclic) bond motifs is 1. The number of carbonyl (C=O) groups is 1. The minimum Gasteiger partial charge on any atom is -0.327 e. The summed E-state index contributed by atoms with van der Waals surface area (Å²) in [4.78, 5) is 12.0. The third-order valence-electron chi connectivity index (χ3n) is 3.22. The van der Waals surface area contributed by atoms with Crippen LogP contribution in [0, 0.1) is 5.92 Å². The van der Waals surface area contributed by atoms with Crippen molar-refractivity contribution in [2.24, 2.45) is 11.7 Å². The third kappa shape index (κ3) is 2.56. The number of benzene rings is 1. The highest BCUT2D eigenvalue weighted by Crippen LogP contribution is 2.26. The standard InChI is InChI=1S/C14H17NOS/c1-9(10(2)15)13(16)7-11-8-17-14-6-4-3-5-12(11)14/h3-6,8-10H,7,15H2,1-2H3. The molecule has 2 atom stereocenters. The summed E-state index contributed by atoms with van der Waals surface area (Å²) in [6.45, 7) is 3.79. The van der Waals surface area contributed by atoms with Crippen molar-refractivity contribution in [3.8, 4) is 0 Å². The van der Waals surface area contributed by atoms with Gasteiger partial charge in [-0.2, -0.15) is 0 Å². The van der Waals surface area contributed by atoms with E-state index in [2.05, 4.69) is 17.5 Å². The highest BCUT2D eigenvalue weighted by Gasteiger charge is 2.18. The average Bonchev–Trinajstić information content (AvgIpc) is 2.71. The first-order valence-electron chi connectivity index (χ1n) is 5.83. The number of thiophene rings is 1. The molecule has 2 unspecified atom stereocenters. The van der Waals surface area contributed by atoms with Gasteiger partial charge in [0.1, 0.15) is 5.78 Å². The molecule has 90 valence electrons. The Balaban J connectivity index is 2.22. The van der Waals surface area contributed by atoms with Gasteiger partial charge in [-0.25, -0.2) is 0 Å². The monoisotopic (exact) mass is 247 g/mol. The third-order valence-corrected chi connectivity index (χ3v) is 4.23. The molecule has 0 fully saturated rings. The molecule has 1 aromatic carbocycles. The van der Waals surface area contributed by atoms with Gasteiger partial charge < -0.3 is 5.73 Å². The van der Waals surface area contributed by atoms with Crippen molar-refractivity contribution in [2.75, 3.05) is 0 Å². The Morgan fingerprint density at radius 3 is 2.76 bits per heavy atom. The lowest BCUT2D eigenvalue weighted by Gasteiger charge is -2.13. The zero-order valence-corrected chi connectivity index (χ0v) is 11.0. The molecule has 0 aliphatic heterocycles. The maximum Gasteiger partial charge on any atom is 0.141 e. The minimum absolute atomic E-state index is 0.0753. The minimum atomic E-state index is -0.0765. The van der Waals surface area contributed by atoms with Gasteiger partial charge in [0.05, 0.1) is 0 Å². The van der Waals surface area contributed by atoms with Gasteiger partial charge >= 0.3 is 0 Å². The first-order valence-corrected chi connectivity index (χ1v) is 6.71. The molecule has 0 saturated carbocycles. The van der Waals surface area contributed by atoms with Crippen molar-refractivity contribution < 1.29 is 4.79 Å². The lowest BCUT2D eigenvalue weighted by Crippen LogP contribution is -2.31. The van der Waals surface area contributed by atoms with Crippen molar-refractivity contribution >= 4 is 27.2 Å². The Kier molecular flexibility index (Phi) is 3.60. The predicted molar refractivity (Wildman–Crippen MR) is 73.3 cm³/mol. The molecule has 2 nitrogen and oxygen atoms in total. The lowest BCUT2D eigenvalue weighted by atomic mass is 9.94. The smallest absolute Gasteiger partial charge is 0.141 e. The quantitative estimate of drug-likeness (QED) is 0.902. The van der Waals surface area contributed by atoms with Crippen molar-refractivity contribution in [2.45, 2.75) is 26.3 Å². The van der Waals surface area contributed by atoms with Crippen molar-refractivity contribution in [3.63, 3.8) is 0 Å². The summed E-state index contributed by atoms with van der Waals surface area (Å²) >= 11 is 1.69. The number of hydrogen-bond donors (Lipinski definition) is 1. The van der Waals surface area contributed by atoms with Gasteiger partial charge in [0.25, 0.3) is 0 Å². The van der Waals surface area contributed by atoms with Crippen LogP contribution in [-0.4, -0.2) is 11.8 Å². The summed E-state index contributed by atoms with van der Waals surface area (Å²) in [6.07, 6.45) is 0.493. The van der Waals surface area contributed by atoms with Crippen LogP contribution in [0.4, 0.5) is 0 Å². The Morgan fingerprint density at radius 1 is 1.35 bits per heavy atom. The maximum absolute atomic E-state index is 12.0. The first kappa shape index (κ1) is 12.3. The van der Waals surface area contributed by atoms with E-state index in [9.17, 15) is 4.79 Å². The fourth-order valence-electron chi connectivity index (χ4n) is 1.81. The summed E-state index contributed by atoms with van der Waals surface area (Å²) in [5.41, 5.74) is 6.89. The Morgan fingerprint density at radius 2 is 2.06 bits per heavy atom. The second-order valence-corrected chi connectivity index (χ2v) is 5.46. The van der Waals surface area contributed by atoms with Gasteiger partial charge in [0, 0.05) is 23.1 Å². The molecule has 2 rings (SSSR count). The van der Waals surface area contributed by atoms with Gasteiger partial charge in [0.15, 0.2) is 0 Å². The summed E-state index contributed by atoms with van der Waals surface area (Å²) < 4.78 is 1.24. The van der Waals surface area contributed by atoms with Crippen LogP contribution in [0.3, 0.4) is 0 Å². The van der Waals surface area contributed by atoms with E-state index >= 15 is 0 Å². The summed E-state index contributed by atoms with van der Waals surface area (Å²) in [7, 11) is 0. The van der Waals surface area contributed by atoms with Crippen molar-refractivity contribution in [1.82, 2.24) is 0 Å². The molecule has 1 aromatic heterocycles. The van der Waals surface area contributed by atoms with Crippen LogP contribution in [0.2, 0.25) is 0 Å². The largest absolute Gasteiger partial charge is 0.327 e. The van der Waals surface area contributed by atoms with E-state index in [4.69, 9.17) is 5.73 Å². The van der Waals surface area contributed by atoms with E-state index < -0.39 is 0 Å². The van der Waals surface area contributed by atoms with Gasteiger partial charge in [-0.15, -0.1) is 11.3 Å². The molecule has 3 heteroatoms. The molecule has 0 bridgehead atoms. The normalized spacial score (nSPS) is 14.8.